The van der Waals surface area contributed by atoms with Crippen LogP contribution in [0.5, 0.6) is 5.75 Å². The summed E-state index contributed by atoms with van der Waals surface area (Å²) in [4.78, 5) is 34.3. The molecule has 1 rings (SSSR count). The fourth-order valence-electron chi connectivity index (χ4n) is 1.99. The second kappa shape index (κ2) is 9.44. The number of hydrogen-bond donors (Lipinski definition) is 1. The number of hydrogen-bond acceptors (Lipinski definition) is 5. The number of ether oxygens (including phenoxy) is 2. The van der Waals surface area contributed by atoms with Crippen molar-refractivity contribution in [1.29, 1.82) is 0 Å². The SMILES string of the molecule is CC(C)(C)CCCCOC(=O)c1c(Cl)c(Cl)cc(Cl)c1OC(=O)C(=O)O. The Hall–Kier alpha value is -1.50. The van der Waals surface area contributed by atoms with Crippen molar-refractivity contribution in [3.05, 3.63) is 26.7 Å². The Kier molecular flexibility index (Phi) is 8.18. The minimum Gasteiger partial charge on any atom is -0.473 e. The van der Waals surface area contributed by atoms with Crippen LogP contribution in [0.3, 0.4) is 0 Å². The lowest BCUT2D eigenvalue weighted by Gasteiger charge is -2.17. The third kappa shape index (κ3) is 6.67. The van der Waals surface area contributed by atoms with Crippen LogP contribution >= 0.6 is 34.8 Å². The van der Waals surface area contributed by atoms with Crippen LogP contribution in [-0.2, 0) is 14.3 Å². The van der Waals surface area contributed by atoms with E-state index in [1.165, 1.54) is 0 Å². The van der Waals surface area contributed by atoms with E-state index in [1.54, 1.807) is 0 Å². The average molecular weight is 426 g/mol. The van der Waals surface area contributed by atoms with E-state index in [1.807, 2.05) is 0 Å². The van der Waals surface area contributed by atoms with Gasteiger partial charge >= 0.3 is 17.9 Å². The van der Waals surface area contributed by atoms with E-state index in [0.29, 0.717) is 6.42 Å². The summed E-state index contributed by atoms with van der Waals surface area (Å²) in [5, 5.41) is 8.11. The molecule has 0 unspecified atom stereocenters. The number of carbonyl (C=O) groups is 3. The molecule has 1 aromatic carbocycles. The summed E-state index contributed by atoms with van der Waals surface area (Å²) < 4.78 is 9.79. The minimum atomic E-state index is -1.85. The smallest absolute Gasteiger partial charge is 0.422 e. The number of rotatable bonds is 6. The molecule has 0 aliphatic carbocycles. The molecule has 0 amide bonds. The molecule has 0 bridgehead atoms. The van der Waals surface area contributed by atoms with Gasteiger partial charge in [0.05, 0.1) is 21.7 Å². The molecule has 0 heterocycles. The van der Waals surface area contributed by atoms with Crippen molar-refractivity contribution >= 4 is 52.7 Å². The van der Waals surface area contributed by atoms with Gasteiger partial charge in [-0.2, -0.15) is 0 Å². The Bertz CT molecular complexity index is 709. The molecule has 0 aromatic heterocycles. The first-order valence-corrected chi connectivity index (χ1v) is 8.87. The summed E-state index contributed by atoms with van der Waals surface area (Å²) >= 11 is 17.8. The van der Waals surface area contributed by atoms with Crippen molar-refractivity contribution in [3.8, 4) is 5.75 Å². The van der Waals surface area contributed by atoms with Crippen LogP contribution in [0.15, 0.2) is 6.07 Å². The number of carboxylic acids is 1. The number of unbranched alkanes of at least 4 members (excludes halogenated alkanes) is 1. The molecule has 1 N–H and O–H groups in total. The highest BCUT2D eigenvalue weighted by Gasteiger charge is 2.27. The molecule has 0 saturated carbocycles. The number of benzene rings is 1. The lowest BCUT2D eigenvalue weighted by Crippen LogP contribution is -2.21. The Balaban J connectivity index is 2.93. The molecular weight excluding hydrogens is 407 g/mol. The Morgan fingerprint density at radius 1 is 1.08 bits per heavy atom. The largest absolute Gasteiger partial charge is 0.473 e. The third-order valence-corrected chi connectivity index (χ3v) is 4.32. The van der Waals surface area contributed by atoms with Gasteiger partial charge in [0.2, 0.25) is 0 Å². The van der Waals surface area contributed by atoms with Gasteiger partial charge in [0.15, 0.2) is 5.75 Å². The van der Waals surface area contributed by atoms with Crippen LogP contribution < -0.4 is 4.74 Å². The third-order valence-electron chi connectivity index (χ3n) is 3.25. The molecule has 0 aliphatic rings. The normalized spacial score (nSPS) is 11.2. The summed E-state index contributed by atoms with van der Waals surface area (Å²) in [6, 6.07) is 1.13. The molecule has 0 spiro atoms. The van der Waals surface area contributed by atoms with Crippen LogP contribution in [0.2, 0.25) is 15.1 Å². The van der Waals surface area contributed by atoms with Crippen LogP contribution in [0.4, 0.5) is 0 Å². The molecule has 0 atom stereocenters. The number of aliphatic carboxylic acids is 1. The lowest BCUT2D eigenvalue weighted by molar-refractivity contribution is -0.158. The maximum Gasteiger partial charge on any atom is 0.422 e. The summed E-state index contributed by atoms with van der Waals surface area (Å²) in [7, 11) is 0. The van der Waals surface area contributed by atoms with E-state index in [9.17, 15) is 14.4 Å². The van der Waals surface area contributed by atoms with Crippen molar-refractivity contribution in [2.75, 3.05) is 6.61 Å². The first-order chi connectivity index (χ1) is 11.9. The fraction of sp³-hybridized carbons (Fsp3) is 0.471. The second-order valence-corrected chi connectivity index (χ2v) is 7.90. The number of carbonyl (C=O) groups excluding carboxylic acids is 2. The quantitative estimate of drug-likeness (QED) is 0.226. The molecular formula is C17H19Cl3O6. The molecule has 0 saturated heterocycles. The van der Waals surface area contributed by atoms with Gasteiger partial charge < -0.3 is 14.6 Å². The highest BCUT2D eigenvalue weighted by molar-refractivity contribution is 6.46. The summed E-state index contributed by atoms with van der Waals surface area (Å²) in [6.07, 6.45) is 2.43. The summed E-state index contributed by atoms with van der Waals surface area (Å²) in [6.45, 7) is 6.43. The molecule has 26 heavy (non-hydrogen) atoms. The van der Waals surface area contributed by atoms with Crippen molar-refractivity contribution in [3.63, 3.8) is 0 Å². The highest BCUT2D eigenvalue weighted by Crippen LogP contribution is 2.39. The fourth-order valence-corrected chi connectivity index (χ4v) is 2.71. The van der Waals surface area contributed by atoms with E-state index < -0.39 is 29.2 Å². The van der Waals surface area contributed by atoms with E-state index in [2.05, 4.69) is 25.5 Å². The van der Waals surface area contributed by atoms with Crippen molar-refractivity contribution in [2.24, 2.45) is 5.41 Å². The monoisotopic (exact) mass is 424 g/mol. The van der Waals surface area contributed by atoms with Crippen LogP contribution in [-0.4, -0.2) is 29.6 Å². The molecule has 144 valence electrons. The van der Waals surface area contributed by atoms with Gasteiger partial charge in [-0.3, -0.25) is 0 Å². The Morgan fingerprint density at radius 3 is 2.23 bits per heavy atom. The van der Waals surface area contributed by atoms with E-state index in [0.717, 1.165) is 18.9 Å². The van der Waals surface area contributed by atoms with Gasteiger partial charge in [0.1, 0.15) is 5.56 Å². The zero-order valence-corrected chi connectivity index (χ0v) is 16.8. The molecule has 1 aromatic rings. The lowest BCUT2D eigenvalue weighted by atomic mass is 9.90. The maximum absolute atomic E-state index is 12.3. The number of carboxylic acid groups (broad SMARTS) is 1. The molecule has 9 heteroatoms. The van der Waals surface area contributed by atoms with Gasteiger partial charge in [-0.05, 0) is 30.7 Å². The Labute approximate surface area is 166 Å². The van der Waals surface area contributed by atoms with E-state index >= 15 is 0 Å². The first-order valence-electron chi connectivity index (χ1n) is 7.73. The molecule has 0 aliphatic heterocycles. The predicted molar refractivity (Wildman–Crippen MR) is 98.3 cm³/mol. The first kappa shape index (κ1) is 22.5. The maximum atomic E-state index is 12.3. The van der Waals surface area contributed by atoms with Crippen LogP contribution in [0.25, 0.3) is 0 Å². The molecule has 0 radical (unpaired) electrons. The minimum absolute atomic E-state index is 0.0635. The van der Waals surface area contributed by atoms with Crippen LogP contribution in [0, 0.1) is 5.41 Å². The van der Waals surface area contributed by atoms with Gasteiger partial charge in [0, 0.05) is 0 Å². The van der Waals surface area contributed by atoms with Crippen molar-refractivity contribution in [2.45, 2.75) is 40.0 Å². The molecule has 6 nitrogen and oxygen atoms in total. The van der Waals surface area contributed by atoms with Crippen molar-refractivity contribution in [1.82, 2.24) is 0 Å². The average Bonchev–Trinajstić information content (AvgIpc) is 2.50. The van der Waals surface area contributed by atoms with Crippen LogP contribution in [0.1, 0.15) is 50.4 Å². The van der Waals surface area contributed by atoms with E-state index in [-0.39, 0.29) is 27.1 Å². The number of esters is 2. The van der Waals surface area contributed by atoms with Crippen molar-refractivity contribution < 1.29 is 29.0 Å². The van der Waals surface area contributed by atoms with Gasteiger partial charge in [0.25, 0.3) is 0 Å². The zero-order valence-electron chi connectivity index (χ0n) is 14.5. The predicted octanol–water partition coefficient (Wildman–Crippen LogP) is 5.01. The zero-order chi connectivity index (χ0) is 20.1. The summed E-state index contributed by atoms with van der Waals surface area (Å²) in [5.74, 6) is -4.89. The topological polar surface area (TPSA) is 89.9 Å². The molecule has 0 fully saturated rings. The Morgan fingerprint density at radius 2 is 1.69 bits per heavy atom. The summed E-state index contributed by atoms with van der Waals surface area (Å²) in [5.41, 5.74) is -0.221. The standard InChI is InChI=1S/C17H19Cl3O6/c1-17(2,3)6-4-5-7-25-15(23)11-12(20)9(18)8-10(19)13(11)26-16(24)14(21)22/h8H,4-7H2,1-3H3,(H,21,22). The number of halogens is 3. The van der Waals surface area contributed by atoms with E-state index in [4.69, 9.17) is 44.6 Å². The van der Waals surface area contributed by atoms with Gasteiger partial charge in [-0.25, -0.2) is 14.4 Å². The second-order valence-electron chi connectivity index (χ2n) is 6.71. The van der Waals surface area contributed by atoms with Gasteiger partial charge in [-0.15, -0.1) is 0 Å². The highest BCUT2D eigenvalue weighted by atomic mass is 35.5. The van der Waals surface area contributed by atoms with Gasteiger partial charge in [-0.1, -0.05) is 55.6 Å².